The Morgan fingerprint density at radius 1 is 0.279 bits per heavy atom. The number of hydrogen-bond donors (Lipinski definition) is 0. The molecule has 7 aromatic rings. The van der Waals surface area contributed by atoms with E-state index in [1.807, 2.05) is 0 Å². The summed E-state index contributed by atoms with van der Waals surface area (Å²) in [4.78, 5) is 0. The first-order chi connectivity index (χ1) is 21.4. The molecule has 0 N–H and O–H groups in total. The van der Waals surface area contributed by atoms with Crippen LogP contribution in [0.2, 0.25) is 0 Å². The molecule has 0 radical (unpaired) electrons. The molecule has 0 aliphatic rings. The van der Waals surface area contributed by atoms with Crippen molar-refractivity contribution in [3.8, 4) is 33.4 Å². The van der Waals surface area contributed by atoms with Crippen molar-refractivity contribution in [1.29, 1.82) is 0 Å². The topological polar surface area (TPSA) is 0 Å². The highest BCUT2D eigenvalue weighted by molar-refractivity contribution is 8.01. The van der Waals surface area contributed by atoms with Gasteiger partial charge < -0.3 is 0 Å². The minimum absolute atomic E-state index is 1.22. The van der Waals surface area contributed by atoms with Crippen LogP contribution in [-0.2, 0) is 0 Å². The summed E-state index contributed by atoms with van der Waals surface area (Å²) in [5.74, 6) is 0. The van der Waals surface area contributed by atoms with Crippen LogP contribution in [0.3, 0.4) is 0 Å². The van der Waals surface area contributed by atoms with Crippen molar-refractivity contribution in [3.63, 3.8) is 0 Å². The lowest BCUT2D eigenvalue weighted by molar-refractivity contribution is 1.58. The van der Waals surface area contributed by atoms with Crippen LogP contribution in [0.4, 0.5) is 0 Å². The summed E-state index contributed by atoms with van der Waals surface area (Å²) in [6, 6.07) is 71.1. The molecule has 0 heterocycles. The number of rotatable bonds is 7. The second-order valence-electron chi connectivity index (χ2n) is 10.7. The average Bonchev–Trinajstić information content (AvgIpc) is 3.11. The van der Waals surface area contributed by atoms with E-state index in [2.05, 4.69) is 194 Å². The van der Waals surface area contributed by atoms with Crippen LogP contribution in [0.25, 0.3) is 33.4 Å². The summed E-state index contributed by atoms with van der Waals surface area (Å²) >= 11 is 0. The molecule has 7 aromatic carbocycles. The zero-order valence-electron chi connectivity index (χ0n) is 23.9. The smallest absolute Gasteiger partial charge is 0.0622 e. The minimum atomic E-state index is -2.40. The predicted molar refractivity (Wildman–Crippen MR) is 188 cm³/mol. The lowest BCUT2D eigenvalue weighted by atomic mass is 9.91. The van der Waals surface area contributed by atoms with Crippen LogP contribution < -0.4 is 21.2 Å². The van der Waals surface area contributed by atoms with Crippen molar-refractivity contribution in [1.82, 2.24) is 0 Å². The summed E-state index contributed by atoms with van der Waals surface area (Å²) in [7, 11) is -2.40. The summed E-state index contributed by atoms with van der Waals surface area (Å²) in [5, 5.41) is 5.39. The SMILES string of the molecule is c1ccc(-c2cc(-c3ccccc3)c(-c3ccccc3)c([P+](c3ccccc3)(c3ccccc3)c3ccccc3)c2)cc1. The van der Waals surface area contributed by atoms with Gasteiger partial charge in [0.2, 0.25) is 0 Å². The summed E-state index contributed by atoms with van der Waals surface area (Å²) < 4.78 is 0. The average molecular weight is 568 g/mol. The van der Waals surface area contributed by atoms with Gasteiger partial charge in [-0.25, -0.2) is 0 Å². The van der Waals surface area contributed by atoms with Crippen molar-refractivity contribution in [2.45, 2.75) is 0 Å². The van der Waals surface area contributed by atoms with Crippen molar-refractivity contribution in [2.75, 3.05) is 0 Å². The fourth-order valence-corrected chi connectivity index (χ4v) is 10.8. The van der Waals surface area contributed by atoms with Gasteiger partial charge in [-0.05, 0) is 76.3 Å². The van der Waals surface area contributed by atoms with Gasteiger partial charge in [-0.2, -0.15) is 0 Å². The van der Waals surface area contributed by atoms with Crippen LogP contribution in [0.1, 0.15) is 0 Å². The second-order valence-corrected chi connectivity index (χ2v) is 14.1. The molecule has 0 aliphatic carbocycles. The quantitative estimate of drug-likeness (QED) is 0.168. The first-order valence-corrected chi connectivity index (χ1v) is 16.6. The van der Waals surface area contributed by atoms with E-state index in [-0.39, 0.29) is 0 Å². The van der Waals surface area contributed by atoms with Gasteiger partial charge in [0.15, 0.2) is 0 Å². The zero-order valence-corrected chi connectivity index (χ0v) is 24.8. The molecule has 0 saturated heterocycles. The maximum Gasteiger partial charge on any atom is 0.145 e. The molecule has 0 fully saturated rings. The van der Waals surface area contributed by atoms with Gasteiger partial charge in [0, 0.05) is 5.56 Å². The monoisotopic (exact) mass is 567 g/mol. The van der Waals surface area contributed by atoms with E-state index in [1.54, 1.807) is 0 Å². The van der Waals surface area contributed by atoms with Gasteiger partial charge in [-0.1, -0.05) is 146 Å². The molecule has 0 nitrogen and oxygen atoms in total. The predicted octanol–water partition coefficient (Wildman–Crippen LogP) is 9.31. The fourth-order valence-electron chi connectivity index (χ4n) is 6.26. The molecule has 0 bridgehead atoms. The molecule has 0 spiro atoms. The highest BCUT2D eigenvalue weighted by atomic mass is 31.2. The Bertz CT molecular complexity index is 1820. The Labute approximate surface area is 255 Å². The molecule has 7 rings (SSSR count). The van der Waals surface area contributed by atoms with Crippen LogP contribution in [0.5, 0.6) is 0 Å². The Morgan fingerprint density at radius 3 is 1.05 bits per heavy atom. The largest absolute Gasteiger partial charge is 0.145 e. The third-order valence-electron chi connectivity index (χ3n) is 8.16. The molecule has 204 valence electrons. The van der Waals surface area contributed by atoms with Gasteiger partial charge in [0.1, 0.15) is 28.5 Å². The standard InChI is InChI=1S/C42H32P/c1-7-19-33(20-8-1)36-31-40(34-21-9-2-10-22-34)42(35-23-11-3-12-24-35)41(32-36)43(37-25-13-4-14-26-37,38-27-15-5-16-28-38)39-29-17-6-18-30-39/h1-32H/q+1. The van der Waals surface area contributed by atoms with Crippen LogP contribution in [-0.4, -0.2) is 0 Å². The fraction of sp³-hybridized carbons (Fsp3) is 0. The molecule has 0 saturated carbocycles. The molecule has 1 heteroatoms. The molecule has 0 aromatic heterocycles. The lowest BCUT2D eigenvalue weighted by Gasteiger charge is -2.31. The highest BCUT2D eigenvalue weighted by Gasteiger charge is 2.50. The van der Waals surface area contributed by atoms with Crippen LogP contribution in [0, 0.1) is 0 Å². The van der Waals surface area contributed by atoms with E-state index in [1.165, 1.54) is 54.6 Å². The van der Waals surface area contributed by atoms with E-state index >= 15 is 0 Å². The van der Waals surface area contributed by atoms with E-state index in [9.17, 15) is 0 Å². The molecular formula is C42H32P+. The normalized spacial score (nSPS) is 11.3. The first-order valence-electron chi connectivity index (χ1n) is 14.8. The molecule has 0 aliphatic heterocycles. The maximum absolute atomic E-state index is 2.49. The third kappa shape index (κ3) is 5.01. The van der Waals surface area contributed by atoms with E-state index in [0.717, 1.165) is 0 Å². The van der Waals surface area contributed by atoms with E-state index < -0.39 is 7.26 Å². The zero-order chi connectivity index (χ0) is 28.9. The molecular weight excluding hydrogens is 535 g/mol. The minimum Gasteiger partial charge on any atom is -0.0622 e. The maximum atomic E-state index is 2.49. The van der Waals surface area contributed by atoms with Crippen molar-refractivity contribution >= 4 is 28.5 Å². The van der Waals surface area contributed by atoms with E-state index in [0.29, 0.717) is 0 Å². The van der Waals surface area contributed by atoms with Gasteiger partial charge in [0.25, 0.3) is 0 Å². The molecule has 0 unspecified atom stereocenters. The van der Waals surface area contributed by atoms with Gasteiger partial charge in [-0.3, -0.25) is 0 Å². The summed E-state index contributed by atoms with van der Waals surface area (Å²) in [5.41, 5.74) is 7.41. The Kier molecular flexibility index (Phi) is 7.53. The summed E-state index contributed by atoms with van der Waals surface area (Å²) in [6.45, 7) is 0. The Morgan fingerprint density at radius 2 is 0.628 bits per heavy atom. The van der Waals surface area contributed by atoms with Gasteiger partial charge in [-0.15, -0.1) is 0 Å². The Balaban J connectivity index is 1.73. The molecule has 43 heavy (non-hydrogen) atoms. The van der Waals surface area contributed by atoms with Crippen LogP contribution >= 0.6 is 7.26 Å². The van der Waals surface area contributed by atoms with Gasteiger partial charge >= 0.3 is 0 Å². The van der Waals surface area contributed by atoms with Gasteiger partial charge in [0.05, 0.1) is 0 Å². The highest BCUT2D eigenvalue weighted by Crippen LogP contribution is 2.57. The van der Waals surface area contributed by atoms with Crippen molar-refractivity contribution < 1.29 is 0 Å². The lowest BCUT2D eigenvalue weighted by Crippen LogP contribution is -2.39. The summed E-state index contributed by atoms with van der Waals surface area (Å²) in [6.07, 6.45) is 0. The van der Waals surface area contributed by atoms with Crippen LogP contribution in [0.15, 0.2) is 194 Å². The number of benzene rings is 7. The number of hydrogen-bond acceptors (Lipinski definition) is 0. The van der Waals surface area contributed by atoms with E-state index in [4.69, 9.17) is 0 Å². The Hall–Kier alpha value is -5.03. The third-order valence-corrected chi connectivity index (χ3v) is 12.5. The first kappa shape index (κ1) is 26.8. The molecule has 0 atom stereocenters. The van der Waals surface area contributed by atoms with Crippen molar-refractivity contribution in [2.24, 2.45) is 0 Å². The second kappa shape index (κ2) is 12.1. The molecule has 0 amide bonds. The van der Waals surface area contributed by atoms with Crippen molar-refractivity contribution in [3.05, 3.63) is 194 Å².